The van der Waals surface area contributed by atoms with Gasteiger partial charge in [-0.15, -0.1) is 0 Å². The number of carbonyl (C=O) groups is 1. The van der Waals surface area contributed by atoms with Crippen molar-refractivity contribution in [3.63, 3.8) is 0 Å². The standard InChI is InChI=1S/C16H23F3N4O2/c1-15(2,3)25-14(24)23-6-4-5-11(9-23)22-13-7-12(20-10-21-13)8-16(17,18)19/h7,10-11H,4-6,8-9H2,1-3H3,(H,20,21,22). The molecule has 6 nitrogen and oxygen atoms in total. The van der Waals surface area contributed by atoms with Crippen LogP contribution in [0.4, 0.5) is 23.8 Å². The highest BCUT2D eigenvalue weighted by molar-refractivity contribution is 5.68. The first-order valence-corrected chi connectivity index (χ1v) is 8.14. The van der Waals surface area contributed by atoms with Gasteiger partial charge in [0.05, 0.1) is 12.1 Å². The number of likely N-dealkylation sites (tertiary alicyclic amines) is 1. The molecule has 1 aliphatic heterocycles. The molecular formula is C16H23F3N4O2. The minimum Gasteiger partial charge on any atom is -0.444 e. The van der Waals surface area contributed by atoms with E-state index in [0.29, 0.717) is 18.9 Å². The van der Waals surface area contributed by atoms with Crippen LogP contribution in [-0.2, 0) is 11.2 Å². The first-order valence-electron chi connectivity index (χ1n) is 8.14. The molecule has 0 saturated carbocycles. The van der Waals surface area contributed by atoms with Crippen LogP contribution in [0.3, 0.4) is 0 Å². The van der Waals surface area contributed by atoms with Crippen molar-refractivity contribution in [2.45, 2.75) is 57.9 Å². The van der Waals surface area contributed by atoms with E-state index in [1.54, 1.807) is 25.7 Å². The van der Waals surface area contributed by atoms with Crippen molar-refractivity contribution in [3.8, 4) is 0 Å². The summed E-state index contributed by atoms with van der Waals surface area (Å²) in [6, 6.07) is 1.19. The summed E-state index contributed by atoms with van der Waals surface area (Å²) in [5, 5.41) is 3.09. The van der Waals surface area contributed by atoms with E-state index in [2.05, 4.69) is 15.3 Å². The van der Waals surface area contributed by atoms with Gasteiger partial charge >= 0.3 is 12.3 Å². The number of halogens is 3. The Morgan fingerprint density at radius 3 is 2.72 bits per heavy atom. The molecule has 1 unspecified atom stereocenters. The van der Waals surface area contributed by atoms with Gasteiger partial charge in [0.1, 0.15) is 17.7 Å². The number of carbonyl (C=O) groups excluding carboxylic acids is 1. The summed E-state index contributed by atoms with van der Waals surface area (Å²) >= 11 is 0. The molecule has 1 amide bonds. The summed E-state index contributed by atoms with van der Waals surface area (Å²) in [5.74, 6) is 0.324. The fourth-order valence-electron chi connectivity index (χ4n) is 2.57. The van der Waals surface area contributed by atoms with Gasteiger partial charge in [0.2, 0.25) is 0 Å². The fourth-order valence-corrected chi connectivity index (χ4v) is 2.57. The Morgan fingerprint density at radius 1 is 1.36 bits per heavy atom. The van der Waals surface area contributed by atoms with E-state index in [-0.39, 0.29) is 17.8 Å². The van der Waals surface area contributed by atoms with Crippen LogP contribution < -0.4 is 5.32 Å². The minimum atomic E-state index is -4.32. The summed E-state index contributed by atoms with van der Waals surface area (Å²) in [6.07, 6.45) is -3.13. The highest BCUT2D eigenvalue weighted by atomic mass is 19.4. The normalized spacial score (nSPS) is 18.8. The third-order valence-corrected chi connectivity index (χ3v) is 3.53. The van der Waals surface area contributed by atoms with Crippen molar-refractivity contribution >= 4 is 11.9 Å². The molecule has 1 aromatic rings. The molecule has 0 aliphatic carbocycles. The zero-order valence-corrected chi connectivity index (χ0v) is 14.6. The number of aromatic nitrogens is 2. The Morgan fingerprint density at radius 2 is 2.08 bits per heavy atom. The molecule has 2 rings (SSSR count). The number of amides is 1. The van der Waals surface area contributed by atoms with Crippen molar-refractivity contribution in [3.05, 3.63) is 18.1 Å². The molecule has 1 N–H and O–H groups in total. The van der Waals surface area contributed by atoms with Gasteiger partial charge in [0, 0.05) is 25.2 Å². The van der Waals surface area contributed by atoms with Crippen molar-refractivity contribution in [1.82, 2.24) is 14.9 Å². The number of piperidine rings is 1. The summed E-state index contributed by atoms with van der Waals surface area (Å²) in [5.41, 5.74) is -0.666. The molecule has 1 atom stereocenters. The molecule has 0 aromatic carbocycles. The summed E-state index contributed by atoms with van der Waals surface area (Å²) in [7, 11) is 0. The van der Waals surface area contributed by atoms with Crippen LogP contribution in [0.25, 0.3) is 0 Å². The maximum Gasteiger partial charge on any atom is 0.410 e. The SMILES string of the molecule is CC(C)(C)OC(=O)N1CCCC(Nc2cc(CC(F)(F)F)ncn2)C1. The van der Waals surface area contributed by atoms with Gasteiger partial charge < -0.3 is 15.0 Å². The molecule has 1 aromatic heterocycles. The highest BCUT2D eigenvalue weighted by Crippen LogP contribution is 2.22. The van der Waals surface area contributed by atoms with Gasteiger partial charge in [0.25, 0.3) is 0 Å². The largest absolute Gasteiger partial charge is 0.444 e. The third kappa shape index (κ3) is 6.75. The lowest BCUT2D eigenvalue weighted by atomic mass is 10.1. The lowest BCUT2D eigenvalue weighted by Gasteiger charge is -2.34. The molecule has 1 saturated heterocycles. The van der Waals surface area contributed by atoms with Gasteiger partial charge in [-0.2, -0.15) is 13.2 Å². The van der Waals surface area contributed by atoms with Crippen LogP contribution in [0.2, 0.25) is 0 Å². The number of nitrogens with zero attached hydrogens (tertiary/aromatic N) is 3. The molecule has 0 bridgehead atoms. The fraction of sp³-hybridized carbons (Fsp3) is 0.688. The average Bonchev–Trinajstić information content (AvgIpc) is 2.44. The Balaban J connectivity index is 1.96. The van der Waals surface area contributed by atoms with Gasteiger partial charge in [-0.05, 0) is 33.6 Å². The Hall–Kier alpha value is -2.06. The topological polar surface area (TPSA) is 67.3 Å². The van der Waals surface area contributed by atoms with Gasteiger partial charge in [0.15, 0.2) is 0 Å². The summed E-state index contributed by atoms with van der Waals surface area (Å²) in [4.78, 5) is 21.4. The van der Waals surface area contributed by atoms with Crippen LogP contribution in [-0.4, -0.2) is 51.9 Å². The molecule has 1 aliphatic rings. The van der Waals surface area contributed by atoms with Gasteiger partial charge in [-0.3, -0.25) is 0 Å². The van der Waals surface area contributed by atoms with E-state index in [4.69, 9.17) is 4.74 Å². The molecule has 9 heteroatoms. The van der Waals surface area contributed by atoms with Crippen LogP contribution in [0, 0.1) is 0 Å². The highest BCUT2D eigenvalue weighted by Gasteiger charge is 2.30. The first kappa shape index (κ1) is 19.3. The average molecular weight is 360 g/mol. The zero-order chi connectivity index (χ0) is 18.7. The molecule has 1 fully saturated rings. The minimum absolute atomic E-state index is 0.0928. The lowest BCUT2D eigenvalue weighted by Crippen LogP contribution is -2.47. The first-order chi connectivity index (χ1) is 11.5. The maximum absolute atomic E-state index is 12.5. The Labute approximate surface area is 144 Å². The Kier molecular flexibility index (Phi) is 5.74. The molecule has 25 heavy (non-hydrogen) atoms. The Bertz CT molecular complexity index is 602. The summed E-state index contributed by atoms with van der Waals surface area (Å²) in [6.45, 7) is 6.40. The monoisotopic (exact) mass is 360 g/mol. The number of anilines is 1. The number of nitrogens with one attached hydrogen (secondary N) is 1. The number of ether oxygens (including phenoxy) is 1. The van der Waals surface area contributed by atoms with Crippen LogP contribution in [0.1, 0.15) is 39.3 Å². The van der Waals surface area contributed by atoms with E-state index in [9.17, 15) is 18.0 Å². The second kappa shape index (κ2) is 7.45. The summed E-state index contributed by atoms with van der Waals surface area (Å²) < 4.78 is 42.8. The van der Waals surface area contributed by atoms with E-state index in [1.165, 1.54) is 6.07 Å². The van der Waals surface area contributed by atoms with Crippen molar-refractivity contribution in [2.75, 3.05) is 18.4 Å². The number of alkyl halides is 3. The molecular weight excluding hydrogens is 337 g/mol. The molecule has 2 heterocycles. The second-order valence-corrected chi connectivity index (χ2v) is 7.10. The van der Waals surface area contributed by atoms with Crippen molar-refractivity contribution in [2.24, 2.45) is 0 Å². The predicted molar refractivity (Wildman–Crippen MR) is 86.2 cm³/mol. The predicted octanol–water partition coefficient (Wildman–Crippen LogP) is 3.39. The van der Waals surface area contributed by atoms with E-state index in [0.717, 1.165) is 19.2 Å². The van der Waals surface area contributed by atoms with Crippen LogP contribution >= 0.6 is 0 Å². The lowest BCUT2D eigenvalue weighted by molar-refractivity contribution is -0.127. The maximum atomic E-state index is 12.5. The van der Waals surface area contributed by atoms with Gasteiger partial charge in [-0.1, -0.05) is 0 Å². The van der Waals surface area contributed by atoms with E-state index < -0.39 is 18.2 Å². The zero-order valence-electron chi connectivity index (χ0n) is 14.6. The molecule has 140 valence electrons. The number of rotatable bonds is 3. The third-order valence-electron chi connectivity index (χ3n) is 3.53. The van der Waals surface area contributed by atoms with Crippen molar-refractivity contribution in [1.29, 1.82) is 0 Å². The molecule has 0 radical (unpaired) electrons. The van der Waals surface area contributed by atoms with E-state index >= 15 is 0 Å². The quantitative estimate of drug-likeness (QED) is 0.895. The van der Waals surface area contributed by atoms with Crippen LogP contribution in [0.5, 0.6) is 0 Å². The van der Waals surface area contributed by atoms with Crippen molar-refractivity contribution < 1.29 is 22.7 Å². The van der Waals surface area contributed by atoms with Gasteiger partial charge in [-0.25, -0.2) is 14.8 Å². The molecule has 0 spiro atoms. The second-order valence-electron chi connectivity index (χ2n) is 7.10. The number of hydrogen-bond acceptors (Lipinski definition) is 5. The van der Waals surface area contributed by atoms with E-state index in [1.807, 2.05) is 0 Å². The van der Waals surface area contributed by atoms with Crippen LogP contribution in [0.15, 0.2) is 12.4 Å². The number of hydrogen-bond donors (Lipinski definition) is 1. The smallest absolute Gasteiger partial charge is 0.410 e.